The molecule has 0 radical (unpaired) electrons. The van der Waals surface area contributed by atoms with E-state index in [1.54, 1.807) is 0 Å². The second-order valence-electron chi connectivity index (χ2n) is 7.85. The zero-order valence-corrected chi connectivity index (χ0v) is 15.2. The molecule has 2 aliphatic carbocycles. The first kappa shape index (κ1) is 15.0. The number of hydrogen-bond acceptors (Lipinski definition) is 0. The first-order valence-corrected chi connectivity index (χ1v) is 9.46. The van der Waals surface area contributed by atoms with Crippen LogP contribution in [0.1, 0.15) is 85.0 Å². The van der Waals surface area contributed by atoms with Crippen LogP contribution in [0.3, 0.4) is 0 Å². The van der Waals surface area contributed by atoms with Crippen molar-refractivity contribution in [3.05, 3.63) is 0 Å². The molecule has 0 aromatic heterocycles. The number of rotatable bonds is 2. The van der Waals surface area contributed by atoms with Crippen LogP contribution in [0.15, 0.2) is 0 Å². The minimum atomic E-state index is 0.497. The molecule has 0 nitrogen and oxygen atoms in total. The first-order valence-electron chi connectivity index (χ1n) is 8.25. The molecule has 0 amide bonds. The SMILES string of the molecule is CC(C)(C)C([AsH2])(C1CCCCC1)C1CCCCC1. The quantitative estimate of drug-likeness (QED) is 0.631. The van der Waals surface area contributed by atoms with E-state index in [0.717, 1.165) is 11.8 Å². The molecule has 0 bridgehead atoms. The Morgan fingerprint density at radius 2 is 1.00 bits per heavy atom. The summed E-state index contributed by atoms with van der Waals surface area (Å²) in [4.78, 5) is 0. The Balaban J connectivity index is 2.21. The molecule has 1 heteroatoms. The summed E-state index contributed by atoms with van der Waals surface area (Å²) in [5.74, 6) is 2.05. The van der Waals surface area contributed by atoms with Crippen LogP contribution in [-0.2, 0) is 0 Å². The third-order valence-electron chi connectivity index (χ3n) is 5.86. The maximum atomic E-state index is 2.53. The molecule has 106 valence electrons. The summed E-state index contributed by atoms with van der Waals surface area (Å²) in [6.45, 7) is 7.58. The molecule has 1 atom stereocenters. The summed E-state index contributed by atoms with van der Waals surface area (Å²) >= 11 is 2.09. The molecular weight excluding hydrogens is 279 g/mol. The Labute approximate surface area is 123 Å². The molecule has 2 rings (SSSR count). The van der Waals surface area contributed by atoms with Gasteiger partial charge >= 0.3 is 123 Å². The van der Waals surface area contributed by atoms with Gasteiger partial charge in [-0.1, -0.05) is 0 Å². The van der Waals surface area contributed by atoms with Crippen LogP contribution in [0.5, 0.6) is 0 Å². The van der Waals surface area contributed by atoms with Crippen LogP contribution in [0, 0.1) is 17.3 Å². The molecule has 0 aromatic carbocycles. The Morgan fingerprint density at radius 1 is 0.667 bits per heavy atom. The van der Waals surface area contributed by atoms with Gasteiger partial charge in [-0.05, 0) is 0 Å². The van der Waals surface area contributed by atoms with Gasteiger partial charge in [-0.2, -0.15) is 0 Å². The molecule has 0 saturated heterocycles. The van der Waals surface area contributed by atoms with Crippen LogP contribution < -0.4 is 0 Å². The van der Waals surface area contributed by atoms with Gasteiger partial charge in [0, 0.05) is 0 Å². The predicted molar refractivity (Wildman–Crippen MR) is 83.8 cm³/mol. The van der Waals surface area contributed by atoms with Gasteiger partial charge in [-0.3, -0.25) is 0 Å². The van der Waals surface area contributed by atoms with E-state index in [2.05, 4.69) is 37.6 Å². The van der Waals surface area contributed by atoms with Crippen molar-refractivity contribution < 1.29 is 0 Å². The van der Waals surface area contributed by atoms with Gasteiger partial charge < -0.3 is 0 Å². The normalized spacial score (nSPS) is 25.3. The molecule has 0 aliphatic heterocycles. The Morgan fingerprint density at radius 3 is 1.28 bits per heavy atom. The van der Waals surface area contributed by atoms with Crippen LogP contribution in [0.2, 0.25) is 4.20 Å². The third-order valence-corrected chi connectivity index (χ3v) is 9.66. The van der Waals surface area contributed by atoms with Gasteiger partial charge in [0.1, 0.15) is 0 Å². The fraction of sp³-hybridized carbons (Fsp3) is 1.00. The second-order valence-corrected chi connectivity index (χ2v) is 9.86. The predicted octanol–water partition coefficient (Wildman–Crippen LogP) is 4.98. The van der Waals surface area contributed by atoms with Crippen molar-refractivity contribution in [3.63, 3.8) is 0 Å². The molecule has 18 heavy (non-hydrogen) atoms. The minimum absolute atomic E-state index is 0.497. The van der Waals surface area contributed by atoms with Crippen LogP contribution in [-0.4, -0.2) is 16.9 Å². The Hall–Kier alpha value is 0.558. The van der Waals surface area contributed by atoms with Crippen molar-refractivity contribution in [2.24, 2.45) is 17.3 Å². The molecule has 0 spiro atoms. The monoisotopic (exact) mass is 312 g/mol. The molecule has 0 heterocycles. The molecule has 2 fully saturated rings. The molecule has 0 N–H and O–H groups in total. The fourth-order valence-corrected chi connectivity index (χ4v) is 6.12. The van der Waals surface area contributed by atoms with E-state index in [-0.39, 0.29) is 0 Å². The molecule has 1 unspecified atom stereocenters. The maximum absolute atomic E-state index is 2.53. The van der Waals surface area contributed by atoms with Crippen LogP contribution in [0.25, 0.3) is 0 Å². The summed E-state index contributed by atoms with van der Waals surface area (Å²) in [6.07, 6.45) is 15.1. The first-order chi connectivity index (χ1) is 8.46. The number of hydrogen-bond donors (Lipinski definition) is 0. The van der Waals surface area contributed by atoms with E-state index in [4.69, 9.17) is 0 Å². The fourth-order valence-electron chi connectivity index (χ4n) is 4.72. The molecular formula is C17H33As. The van der Waals surface area contributed by atoms with E-state index in [1.807, 2.05) is 0 Å². The molecule has 0 aromatic rings. The van der Waals surface area contributed by atoms with Crippen molar-refractivity contribution in [2.45, 2.75) is 89.2 Å². The van der Waals surface area contributed by atoms with E-state index in [9.17, 15) is 0 Å². The van der Waals surface area contributed by atoms with Gasteiger partial charge in [-0.15, -0.1) is 0 Å². The van der Waals surface area contributed by atoms with Crippen molar-refractivity contribution >= 4 is 16.9 Å². The van der Waals surface area contributed by atoms with E-state index in [0.29, 0.717) is 9.62 Å². The summed E-state index contributed by atoms with van der Waals surface area (Å²) in [5.41, 5.74) is 0.497. The standard InChI is InChI=1S/C17H33As/c1-16(2,3)17(18,14-10-6-4-7-11-14)15-12-8-5-9-13-15/h14-15H,4-13,18H2,1-3H3. The van der Waals surface area contributed by atoms with E-state index in [1.165, 1.54) is 64.2 Å². The van der Waals surface area contributed by atoms with E-state index >= 15 is 0 Å². The van der Waals surface area contributed by atoms with Crippen molar-refractivity contribution in [1.82, 2.24) is 0 Å². The van der Waals surface area contributed by atoms with Crippen LogP contribution in [0.4, 0.5) is 0 Å². The van der Waals surface area contributed by atoms with Gasteiger partial charge in [0.15, 0.2) is 0 Å². The summed E-state index contributed by atoms with van der Waals surface area (Å²) in [5, 5.41) is 0. The van der Waals surface area contributed by atoms with Crippen molar-refractivity contribution in [3.8, 4) is 0 Å². The van der Waals surface area contributed by atoms with E-state index < -0.39 is 0 Å². The summed E-state index contributed by atoms with van der Waals surface area (Å²) in [7, 11) is 0. The average Bonchev–Trinajstić information content (AvgIpc) is 2.38. The van der Waals surface area contributed by atoms with Crippen molar-refractivity contribution in [2.75, 3.05) is 0 Å². The zero-order valence-electron chi connectivity index (χ0n) is 12.8. The van der Waals surface area contributed by atoms with Gasteiger partial charge in [0.05, 0.1) is 0 Å². The van der Waals surface area contributed by atoms with Gasteiger partial charge in [0.25, 0.3) is 0 Å². The molecule has 2 aliphatic rings. The topological polar surface area (TPSA) is 0 Å². The summed E-state index contributed by atoms with van der Waals surface area (Å²) in [6, 6.07) is 0. The summed E-state index contributed by atoms with van der Waals surface area (Å²) < 4.78 is 0.640. The Kier molecular flexibility index (Phi) is 4.90. The average molecular weight is 312 g/mol. The van der Waals surface area contributed by atoms with Crippen molar-refractivity contribution in [1.29, 1.82) is 0 Å². The third kappa shape index (κ3) is 2.84. The van der Waals surface area contributed by atoms with Crippen LogP contribution >= 0.6 is 0 Å². The zero-order chi connectivity index (χ0) is 13.2. The Bertz CT molecular complexity index is 233. The second kappa shape index (κ2) is 5.90. The van der Waals surface area contributed by atoms with Gasteiger partial charge in [-0.25, -0.2) is 0 Å². The molecule has 2 saturated carbocycles. The van der Waals surface area contributed by atoms with Gasteiger partial charge in [0.2, 0.25) is 0 Å².